The van der Waals surface area contributed by atoms with Gasteiger partial charge in [0.2, 0.25) is 0 Å². The Labute approximate surface area is 197 Å². The van der Waals surface area contributed by atoms with Gasteiger partial charge in [0.1, 0.15) is 11.6 Å². The molecule has 33 heavy (non-hydrogen) atoms. The van der Waals surface area contributed by atoms with Crippen molar-refractivity contribution >= 4 is 55.7 Å². The van der Waals surface area contributed by atoms with Gasteiger partial charge in [0.05, 0.1) is 21.8 Å². The molecule has 0 bridgehead atoms. The Morgan fingerprint density at radius 2 is 1.76 bits per heavy atom. The van der Waals surface area contributed by atoms with E-state index in [4.69, 9.17) is 11.6 Å². The Morgan fingerprint density at radius 3 is 2.45 bits per heavy atom. The molecular weight excluding hydrogens is 463 g/mol. The van der Waals surface area contributed by atoms with Crippen molar-refractivity contribution in [2.75, 3.05) is 4.90 Å². The Hall–Kier alpha value is -3.55. The summed E-state index contributed by atoms with van der Waals surface area (Å²) in [6, 6.07) is 16.9. The largest absolute Gasteiger partial charge is 0.507 e. The highest BCUT2D eigenvalue weighted by molar-refractivity contribution is 7.22. The number of fused-ring (bicyclic) bond motifs is 1. The van der Waals surface area contributed by atoms with Gasteiger partial charge >= 0.3 is 5.91 Å². The number of nitrogens with zero attached hydrogens (tertiary/aromatic N) is 2. The van der Waals surface area contributed by atoms with E-state index in [9.17, 15) is 19.1 Å². The van der Waals surface area contributed by atoms with Crippen molar-refractivity contribution < 1.29 is 19.1 Å². The van der Waals surface area contributed by atoms with Gasteiger partial charge in [-0.15, -0.1) is 0 Å². The topological polar surface area (TPSA) is 70.5 Å². The van der Waals surface area contributed by atoms with Crippen molar-refractivity contribution in [2.24, 2.45) is 0 Å². The number of ketones is 1. The number of aliphatic hydroxyl groups excluding tert-OH is 1. The van der Waals surface area contributed by atoms with Crippen molar-refractivity contribution in [3.05, 3.63) is 99.8 Å². The SMILES string of the molecule is Cc1ccc(/C(O)=C2\C(=O)C(=O)N(c3nc4ccc(F)cc4s3)[C@@H]2c2ccc(Cl)cc2)cc1. The highest BCUT2D eigenvalue weighted by atomic mass is 35.5. The Balaban J connectivity index is 1.73. The zero-order valence-electron chi connectivity index (χ0n) is 17.3. The molecule has 5 rings (SSSR count). The molecule has 1 aromatic heterocycles. The van der Waals surface area contributed by atoms with Gasteiger partial charge in [0.25, 0.3) is 5.78 Å². The van der Waals surface area contributed by atoms with Crippen LogP contribution in [0.5, 0.6) is 0 Å². The van der Waals surface area contributed by atoms with Crippen molar-refractivity contribution in [3.8, 4) is 0 Å². The molecule has 1 aliphatic rings. The molecule has 1 atom stereocenters. The van der Waals surface area contributed by atoms with Crippen LogP contribution in [0.1, 0.15) is 22.7 Å². The summed E-state index contributed by atoms with van der Waals surface area (Å²) in [5.74, 6) is -2.34. The molecule has 1 N–H and O–H groups in total. The van der Waals surface area contributed by atoms with Crippen LogP contribution in [0.3, 0.4) is 0 Å². The van der Waals surface area contributed by atoms with Crippen molar-refractivity contribution in [2.45, 2.75) is 13.0 Å². The molecule has 2 heterocycles. The quantitative estimate of drug-likeness (QED) is 0.222. The molecule has 1 saturated heterocycles. The van der Waals surface area contributed by atoms with Gasteiger partial charge in [0, 0.05) is 10.6 Å². The Bertz CT molecular complexity index is 1450. The minimum absolute atomic E-state index is 0.0448. The van der Waals surface area contributed by atoms with E-state index < -0.39 is 23.5 Å². The summed E-state index contributed by atoms with van der Waals surface area (Å²) >= 11 is 7.15. The lowest BCUT2D eigenvalue weighted by Gasteiger charge is -2.23. The first-order valence-corrected chi connectivity index (χ1v) is 11.2. The number of aromatic nitrogens is 1. The van der Waals surface area contributed by atoms with Crippen LogP contribution in [-0.2, 0) is 9.59 Å². The zero-order valence-corrected chi connectivity index (χ0v) is 18.8. The van der Waals surface area contributed by atoms with Crippen molar-refractivity contribution in [1.82, 2.24) is 4.98 Å². The minimum atomic E-state index is -0.922. The second-order valence-corrected chi connectivity index (χ2v) is 9.14. The first kappa shape index (κ1) is 21.3. The van der Waals surface area contributed by atoms with Crippen LogP contribution in [0.2, 0.25) is 5.02 Å². The van der Waals surface area contributed by atoms with E-state index in [1.807, 2.05) is 19.1 Å². The van der Waals surface area contributed by atoms with Gasteiger partial charge in [-0.1, -0.05) is 64.9 Å². The summed E-state index contributed by atoms with van der Waals surface area (Å²) in [4.78, 5) is 32.1. The third kappa shape index (κ3) is 3.69. The maximum Gasteiger partial charge on any atom is 0.301 e. The van der Waals surface area contributed by atoms with Crippen LogP contribution in [0.15, 0.2) is 72.3 Å². The van der Waals surface area contributed by atoms with Gasteiger partial charge in [-0.05, 0) is 42.8 Å². The zero-order chi connectivity index (χ0) is 23.3. The standard InChI is InChI=1S/C25H16ClFN2O3S/c1-13-2-4-15(5-3-13)22(30)20-21(14-6-8-16(26)9-7-14)29(24(32)23(20)31)25-28-18-11-10-17(27)12-19(18)33-25/h2-12,21,30H,1H3/b22-20+/t21-/m1/s1. The number of hydrogen-bond acceptors (Lipinski definition) is 5. The van der Waals surface area contributed by atoms with Gasteiger partial charge in [0.15, 0.2) is 5.13 Å². The molecule has 4 aromatic rings. The fourth-order valence-electron chi connectivity index (χ4n) is 3.85. The number of anilines is 1. The molecule has 164 valence electrons. The van der Waals surface area contributed by atoms with Crippen LogP contribution < -0.4 is 4.90 Å². The number of Topliss-reactive ketones (excluding diaryl/α,β-unsaturated/α-hetero) is 1. The van der Waals surface area contributed by atoms with Crippen molar-refractivity contribution in [1.29, 1.82) is 0 Å². The molecule has 5 nitrogen and oxygen atoms in total. The molecule has 8 heteroatoms. The number of thiazole rings is 1. The van der Waals surface area contributed by atoms with E-state index in [0.717, 1.165) is 16.9 Å². The molecule has 0 unspecified atom stereocenters. The fourth-order valence-corrected chi connectivity index (χ4v) is 4.99. The first-order valence-electron chi connectivity index (χ1n) is 10.0. The second kappa shape index (κ2) is 8.10. The van der Waals surface area contributed by atoms with Gasteiger partial charge in [-0.25, -0.2) is 9.37 Å². The van der Waals surface area contributed by atoms with Crippen LogP contribution in [0.4, 0.5) is 9.52 Å². The van der Waals surface area contributed by atoms with E-state index in [2.05, 4.69) is 4.98 Å². The summed E-state index contributed by atoms with van der Waals surface area (Å²) in [7, 11) is 0. The molecule has 1 amide bonds. The maximum absolute atomic E-state index is 13.7. The number of rotatable bonds is 3. The highest BCUT2D eigenvalue weighted by Crippen LogP contribution is 2.44. The predicted molar refractivity (Wildman–Crippen MR) is 127 cm³/mol. The lowest BCUT2D eigenvalue weighted by atomic mass is 9.95. The molecule has 0 saturated carbocycles. The van der Waals surface area contributed by atoms with E-state index in [1.54, 1.807) is 36.4 Å². The normalized spacial score (nSPS) is 17.8. The Morgan fingerprint density at radius 1 is 1.06 bits per heavy atom. The van der Waals surface area contributed by atoms with Crippen LogP contribution in [0, 0.1) is 12.7 Å². The van der Waals surface area contributed by atoms with Crippen LogP contribution in [-0.4, -0.2) is 21.8 Å². The van der Waals surface area contributed by atoms with Crippen molar-refractivity contribution in [3.63, 3.8) is 0 Å². The first-order chi connectivity index (χ1) is 15.8. The number of halogens is 2. The smallest absolute Gasteiger partial charge is 0.301 e. The van der Waals surface area contributed by atoms with E-state index in [1.165, 1.54) is 23.1 Å². The van der Waals surface area contributed by atoms with E-state index in [-0.39, 0.29) is 16.5 Å². The molecule has 0 radical (unpaired) electrons. The second-order valence-electron chi connectivity index (χ2n) is 7.70. The number of hydrogen-bond donors (Lipinski definition) is 1. The lowest BCUT2D eigenvalue weighted by Crippen LogP contribution is -2.29. The molecule has 1 aliphatic heterocycles. The Kier molecular flexibility index (Phi) is 5.23. The summed E-state index contributed by atoms with van der Waals surface area (Å²) < 4.78 is 14.3. The van der Waals surface area contributed by atoms with E-state index in [0.29, 0.717) is 26.4 Å². The number of amides is 1. The van der Waals surface area contributed by atoms with Crippen LogP contribution in [0.25, 0.3) is 16.0 Å². The van der Waals surface area contributed by atoms with Gasteiger partial charge in [-0.3, -0.25) is 14.5 Å². The van der Waals surface area contributed by atoms with E-state index >= 15 is 0 Å². The summed E-state index contributed by atoms with van der Waals surface area (Å²) in [6.07, 6.45) is 0. The van der Waals surface area contributed by atoms with Crippen LogP contribution >= 0.6 is 22.9 Å². The monoisotopic (exact) mass is 478 g/mol. The average molecular weight is 479 g/mol. The van der Waals surface area contributed by atoms with Gasteiger partial charge < -0.3 is 5.11 Å². The third-order valence-electron chi connectivity index (χ3n) is 5.50. The molecule has 0 aliphatic carbocycles. The number of carbonyl (C=O) groups is 2. The average Bonchev–Trinajstić information content (AvgIpc) is 3.32. The fraction of sp³-hybridized carbons (Fsp3) is 0.0800. The summed E-state index contributed by atoms with van der Waals surface area (Å²) in [5, 5.41) is 11.8. The molecule has 3 aromatic carbocycles. The summed E-state index contributed by atoms with van der Waals surface area (Å²) in [6.45, 7) is 1.91. The number of aliphatic hydroxyl groups is 1. The molecular formula is C25H16ClFN2O3S. The van der Waals surface area contributed by atoms with Gasteiger partial charge in [-0.2, -0.15) is 0 Å². The molecule has 1 fully saturated rings. The third-order valence-corrected chi connectivity index (χ3v) is 6.77. The summed E-state index contributed by atoms with van der Waals surface area (Å²) in [5.41, 5.74) is 2.45. The highest BCUT2D eigenvalue weighted by Gasteiger charge is 2.48. The number of benzene rings is 3. The predicted octanol–water partition coefficient (Wildman–Crippen LogP) is 6.02. The lowest BCUT2D eigenvalue weighted by molar-refractivity contribution is -0.132. The minimum Gasteiger partial charge on any atom is -0.507 e. The number of aryl methyl sites for hydroxylation is 1. The number of carbonyl (C=O) groups excluding carboxylic acids is 2. The molecule has 0 spiro atoms. The maximum atomic E-state index is 13.7.